The standard InChI is InChI=1S/C10H21NO2/c1-4-10(12)6-11-5-9(3)13-7-8(11)2/h8-10,12H,4-7H2,1-3H3/t8?,9?,10-/m0/s1. The fourth-order valence-corrected chi connectivity index (χ4v) is 1.63. The van der Waals surface area contributed by atoms with E-state index >= 15 is 0 Å². The number of nitrogens with zero attached hydrogens (tertiary/aromatic N) is 1. The minimum atomic E-state index is -0.187. The summed E-state index contributed by atoms with van der Waals surface area (Å²) in [6.07, 6.45) is 0.950. The third-order valence-corrected chi connectivity index (χ3v) is 2.65. The third kappa shape index (κ3) is 3.25. The van der Waals surface area contributed by atoms with Crippen LogP contribution >= 0.6 is 0 Å². The molecule has 78 valence electrons. The normalized spacial score (nSPS) is 33.2. The molecule has 1 rings (SSSR count). The first-order chi connectivity index (χ1) is 6.13. The smallest absolute Gasteiger partial charge is 0.0674 e. The van der Waals surface area contributed by atoms with Gasteiger partial charge in [-0.3, -0.25) is 4.90 Å². The number of hydrogen-bond acceptors (Lipinski definition) is 3. The summed E-state index contributed by atoms with van der Waals surface area (Å²) in [5, 5.41) is 9.53. The van der Waals surface area contributed by atoms with Gasteiger partial charge in [0.25, 0.3) is 0 Å². The lowest BCUT2D eigenvalue weighted by Crippen LogP contribution is -2.49. The SMILES string of the molecule is CC[C@H](O)CN1CC(C)OCC1C. The molecule has 0 aromatic heterocycles. The van der Waals surface area contributed by atoms with Gasteiger partial charge in [-0.15, -0.1) is 0 Å². The van der Waals surface area contributed by atoms with E-state index in [9.17, 15) is 5.11 Å². The molecule has 0 aromatic rings. The van der Waals surface area contributed by atoms with Gasteiger partial charge in [0.1, 0.15) is 0 Å². The van der Waals surface area contributed by atoms with E-state index in [4.69, 9.17) is 4.74 Å². The van der Waals surface area contributed by atoms with Crippen LogP contribution < -0.4 is 0 Å². The predicted octanol–water partition coefficient (Wildman–Crippen LogP) is 0.866. The molecule has 0 spiro atoms. The molecule has 0 radical (unpaired) electrons. The van der Waals surface area contributed by atoms with Crippen molar-refractivity contribution >= 4 is 0 Å². The molecule has 1 heterocycles. The number of hydrogen-bond donors (Lipinski definition) is 1. The minimum absolute atomic E-state index is 0.187. The van der Waals surface area contributed by atoms with Crippen molar-refractivity contribution in [2.24, 2.45) is 0 Å². The van der Waals surface area contributed by atoms with Crippen molar-refractivity contribution < 1.29 is 9.84 Å². The molecule has 0 bridgehead atoms. The monoisotopic (exact) mass is 187 g/mol. The lowest BCUT2D eigenvalue weighted by atomic mass is 10.1. The third-order valence-electron chi connectivity index (χ3n) is 2.65. The van der Waals surface area contributed by atoms with Crippen LogP contribution in [0.15, 0.2) is 0 Å². The molecule has 3 nitrogen and oxygen atoms in total. The second-order valence-electron chi connectivity index (χ2n) is 4.01. The number of aliphatic hydroxyl groups is 1. The topological polar surface area (TPSA) is 32.7 Å². The summed E-state index contributed by atoms with van der Waals surface area (Å²) >= 11 is 0. The first-order valence-electron chi connectivity index (χ1n) is 5.17. The van der Waals surface area contributed by atoms with Gasteiger partial charge in [-0.1, -0.05) is 6.92 Å². The van der Waals surface area contributed by atoms with Crippen molar-refractivity contribution in [3.05, 3.63) is 0 Å². The van der Waals surface area contributed by atoms with Crippen molar-refractivity contribution in [3.8, 4) is 0 Å². The molecule has 13 heavy (non-hydrogen) atoms. The Labute approximate surface area is 80.7 Å². The molecule has 1 saturated heterocycles. The fourth-order valence-electron chi connectivity index (χ4n) is 1.63. The molecule has 1 aliphatic rings. The quantitative estimate of drug-likeness (QED) is 0.711. The van der Waals surface area contributed by atoms with E-state index in [0.717, 1.165) is 26.1 Å². The highest BCUT2D eigenvalue weighted by Gasteiger charge is 2.24. The van der Waals surface area contributed by atoms with Gasteiger partial charge in [-0.25, -0.2) is 0 Å². The minimum Gasteiger partial charge on any atom is -0.392 e. The first-order valence-corrected chi connectivity index (χ1v) is 5.17. The molecule has 0 aromatic carbocycles. The van der Waals surface area contributed by atoms with Crippen LogP contribution in [0.25, 0.3) is 0 Å². The van der Waals surface area contributed by atoms with Gasteiger partial charge in [0.05, 0.1) is 18.8 Å². The molecule has 1 aliphatic heterocycles. The molecule has 2 unspecified atom stereocenters. The lowest BCUT2D eigenvalue weighted by Gasteiger charge is -2.37. The zero-order valence-electron chi connectivity index (χ0n) is 8.86. The largest absolute Gasteiger partial charge is 0.392 e. The van der Waals surface area contributed by atoms with E-state index in [-0.39, 0.29) is 6.10 Å². The molecule has 3 atom stereocenters. The van der Waals surface area contributed by atoms with Crippen LogP contribution in [0.5, 0.6) is 0 Å². The maximum Gasteiger partial charge on any atom is 0.0674 e. The molecule has 0 aliphatic carbocycles. The Kier molecular flexibility index (Phi) is 4.16. The van der Waals surface area contributed by atoms with Gasteiger partial charge in [0.2, 0.25) is 0 Å². The Morgan fingerprint density at radius 1 is 1.54 bits per heavy atom. The van der Waals surface area contributed by atoms with Gasteiger partial charge >= 0.3 is 0 Å². The lowest BCUT2D eigenvalue weighted by molar-refractivity contribution is -0.0617. The van der Waals surface area contributed by atoms with Crippen molar-refractivity contribution in [2.45, 2.75) is 45.4 Å². The van der Waals surface area contributed by atoms with Gasteiger partial charge in [-0.2, -0.15) is 0 Å². The average molecular weight is 187 g/mol. The van der Waals surface area contributed by atoms with Crippen LogP contribution in [0.4, 0.5) is 0 Å². The Balaban J connectivity index is 2.37. The summed E-state index contributed by atoms with van der Waals surface area (Å²) < 4.78 is 5.51. The van der Waals surface area contributed by atoms with Crippen molar-refractivity contribution in [2.75, 3.05) is 19.7 Å². The van der Waals surface area contributed by atoms with E-state index in [1.54, 1.807) is 0 Å². The van der Waals surface area contributed by atoms with Crippen LogP contribution in [0.3, 0.4) is 0 Å². The Bertz CT molecular complexity index is 152. The van der Waals surface area contributed by atoms with E-state index in [1.165, 1.54) is 0 Å². The summed E-state index contributed by atoms with van der Waals surface area (Å²) in [7, 11) is 0. The summed E-state index contributed by atoms with van der Waals surface area (Å²) in [4.78, 5) is 2.31. The van der Waals surface area contributed by atoms with E-state index in [0.29, 0.717) is 12.1 Å². The number of ether oxygens (including phenoxy) is 1. The highest BCUT2D eigenvalue weighted by atomic mass is 16.5. The number of rotatable bonds is 3. The first kappa shape index (κ1) is 11.0. The Morgan fingerprint density at radius 2 is 2.23 bits per heavy atom. The van der Waals surface area contributed by atoms with Crippen LogP contribution in [0.1, 0.15) is 27.2 Å². The second-order valence-corrected chi connectivity index (χ2v) is 4.01. The maximum atomic E-state index is 9.53. The number of β-amino-alcohol motifs (C(OH)–C–C–N with tert-alkyl or cyclic N) is 1. The molecule has 0 amide bonds. The van der Waals surface area contributed by atoms with E-state index in [1.807, 2.05) is 6.92 Å². The highest BCUT2D eigenvalue weighted by molar-refractivity contribution is 4.76. The molecule has 0 saturated carbocycles. The van der Waals surface area contributed by atoms with E-state index in [2.05, 4.69) is 18.7 Å². The zero-order valence-corrected chi connectivity index (χ0v) is 8.86. The predicted molar refractivity (Wildman–Crippen MR) is 52.7 cm³/mol. The number of aliphatic hydroxyl groups excluding tert-OH is 1. The second kappa shape index (κ2) is 4.94. The van der Waals surface area contributed by atoms with E-state index < -0.39 is 0 Å². The molecular weight excluding hydrogens is 166 g/mol. The van der Waals surface area contributed by atoms with Crippen LogP contribution in [-0.2, 0) is 4.74 Å². The van der Waals surface area contributed by atoms with Gasteiger partial charge < -0.3 is 9.84 Å². The summed E-state index contributed by atoms with van der Waals surface area (Å²) in [6, 6.07) is 0.442. The fraction of sp³-hybridized carbons (Fsp3) is 1.00. The zero-order chi connectivity index (χ0) is 9.84. The highest BCUT2D eigenvalue weighted by Crippen LogP contribution is 2.12. The van der Waals surface area contributed by atoms with Gasteiger partial charge in [0, 0.05) is 19.1 Å². The average Bonchev–Trinajstić information content (AvgIpc) is 2.11. The summed E-state index contributed by atoms with van der Waals surface area (Å²) in [5.74, 6) is 0. The van der Waals surface area contributed by atoms with Crippen molar-refractivity contribution in [3.63, 3.8) is 0 Å². The maximum absolute atomic E-state index is 9.53. The molecule has 1 N–H and O–H groups in total. The molecular formula is C10H21NO2. The van der Waals surface area contributed by atoms with Gasteiger partial charge in [0.15, 0.2) is 0 Å². The molecule has 3 heteroatoms. The van der Waals surface area contributed by atoms with Gasteiger partial charge in [-0.05, 0) is 20.3 Å². The van der Waals surface area contributed by atoms with Crippen molar-refractivity contribution in [1.29, 1.82) is 0 Å². The van der Waals surface area contributed by atoms with Crippen molar-refractivity contribution in [1.82, 2.24) is 4.90 Å². The van der Waals surface area contributed by atoms with Crippen LogP contribution in [-0.4, -0.2) is 48.0 Å². The summed E-state index contributed by atoms with van der Waals surface area (Å²) in [5.41, 5.74) is 0. The Hall–Kier alpha value is -0.120. The number of morpholine rings is 1. The Morgan fingerprint density at radius 3 is 2.85 bits per heavy atom. The summed E-state index contributed by atoms with van der Waals surface area (Å²) in [6.45, 7) is 8.76. The van der Waals surface area contributed by atoms with Crippen LogP contribution in [0.2, 0.25) is 0 Å². The van der Waals surface area contributed by atoms with Crippen LogP contribution in [0, 0.1) is 0 Å². The molecule has 1 fully saturated rings.